The van der Waals surface area contributed by atoms with Gasteiger partial charge in [-0.1, -0.05) is 39.0 Å². The topological polar surface area (TPSA) is 41.9 Å². The summed E-state index contributed by atoms with van der Waals surface area (Å²) >= 11 is 10.2. The largest absolute Gasteiger partial charge is 0.492 e. The van der Waals surface area contributed by atoms with Crippen molar-refractivity contribution in [2.45, 2.75) is 32.3 Å². The fourth-order valence-electron chi connectivity index (χ4n) is 3.74. The van der Waals surface area contributed by atoms with Gasteiger partial charge < -0.3 is 14.6 Å². The normalized spacial score (nSPS) is 16.9. The molecule has 0 bridgehead atoms. The third kappa shape index (κ3) is 7.92. The van der Waals surface area contributed by atoms with E-state index in [0.717, 1.165) is 39.7 Å². The molecule has 0 amide bonds. The van der Waals surface area contributed by atoms with E-state index in [9.17, 15) is 5.11 Å². The number of hydrogen-bond donors (Lipinski definition) is 1. The van der Waals surface area contributed by atoms with E-state index >= 15 is 0 Å². The lowest BCUT2D eigenvalue weighted by Gasteiger charge is -2.28. The van der Waals surface area contributed by atoms with Gasteiger partial charge in [0, 0.05) is 48.4 Å². The molecule has 2 atom stereocenters. The number of benzene rings is 2. The van der Waals surface area contributed by atoms with Gasteiger partial charge in [-0.2, -0.15) is 11.8 Å². The lowest BCUT2D eigenvalue weighted by molar-refractivity contribution is 0.0715. The predicted molar refractivity (Wildman–Crippen MR) is 148 cm³/mol. The van der Waals surface area contributed by atoms with E-state index in [1.807, 2.05) is 23.9 Å². The Labute approximate surface area is 221 Å². The molecule has 1 saturated heterocycles. The number of aliphatic hydroxyl groups is 1. The van der Waals surface area contributed by atoms with E-state index in [-0.39, 0.29) is 5.41 Å². The van der Waals surface area contributed by atoms with Crippen LogP contribution in [0.2, 0.25) is 0 Å². The van der Waals surface area contributed by atoms with Gasteiger partial charge in [0.25, 0.3) is 0 Å². The molecule has 4 nitrogen and oxygen atoms in total. The molecule has 1 aliphatic rings. The Morgan fingerprint density at radius 1 is 1.06 bits per heavy atom. The second-order valence-electron chi connectivity index (χ2n) is 9.24. The fraction of sp³-hybridized carbons (Fsp3) is 0.538. The summed E-state index contributed by atoms with van der Waals surface area (Å²) in [5.74, 6) is 4.90. The van der Waals surface area contributed by atoms with Crippen LogP contribution < -0.4 is 9.47 Å². The molecule has 0 aromatic heterocycles. The smallest absolute Gasteiger partial charge is 0.132 e. The van der Waals surface area contributed by atoms with Crippen LogP contribution in [-0.2, 0) is 5.41 Å². The van der Waals surface area contributed by atoms with E-state index in [0.29, 0.717) is 31.6 Å². The van der Waals surface area contributed by atoms with Crippen LogP contribution in [0, 0.1) is 9.49 Å². The second-order valence-corrected chi connectivity index (χ2v) is 11.9. The molecule has 0 saturated carbocycles. The maximum Gasteiger partial charge on any atom is 0.132 e. The summed E-state index contributed by atoms with van der Waals surface area (Å²) in [5, 5.41) is 10.3. The molecule has 0 spiro atoms. The zero-order valence-electron chi connectivity index (χ0n) is 19.7. The Bertz CT molecular complexity index is 874. The third-order valence-electron chi connectivity index (χ3n) is 6.03. The number of nitrogens with zero attached hydrogens (tertiary/aromatic N) is 1. The maximum absolute atomic E-state index is 10.3. The Morgan fingerprint density at radius 3 is 2.36 bits per heavy atom. The fourth-order valence-corrected chi connectivity index (χ4v) is 5.48. The van der Waals surface area contributed by atoms with Crippen molar-refractivity contribution in [3.63, 3.8) is 0 Å². The van der Waals surface area contributed by atoms with Crippen LogP contribution in [0.5, 0.6) is 11.5 Å². The number of β-amino-alcohol motifs (C(OH)–C–C–N with tert-alkyl or cyclic N) is 1. The highest BCUT2D eigenvalue weighted by atomic mass is 127. The second kappa shape index (κ2) is 12.9. The van der Waals surface area contributed by atoms with E-state index in [1.165, 1.54) is 11.1 Å². The SMILES string of the molecule is C[C@@H](CCl)COc1ccc(C(C)(C)c2ccc(OC[C@H](O)CN3CCSCC3)cc2)cc1I. The first-order valence-electron chi connectivity index (χ1n) is 11.5. The van der Waals surface area contributed by atoms with Crippen LogP contribution in [0.4, 0.5) is 0 Å². The predicted octanol–water partition coefficient (Wildman–Crippen LogP) is 5.66. The number of halogens is 2. The summed E-state index contributed by atoms with van der Waals surface area (Å²) in [6, 6.07) is 14.6. The molecule has 7 heteroatoms. The van der Waals surface area contributed by atoms with Gasteiger partial charge in [0.1, 0.15) is 24.2 Å². The molecule has 33 heavy (non-hydrogen) atoms. The molecule has 2 aromatic carbocycles. The molecule has 0 unspecified atom stereocenters. The summed E-state index contributed by atoms with van der Waals surface area (Å²) in [6.45, 7) is 10.2. The van der Waals surface area contributed by atoms with E-state index < -0.39 is 6.10 Å². The van der Waals surface area contributed by atoms with Crippen molar-refractivity contribution in [3.05, 3.63) is 57.2 Å². The summed E-state index contributed by atoms with van der Waals surface area (Å²) in [4.78, 5) is 2.31. The van der Waals surface area contributed by atoms with Crippen LogP contribution in [0.15, 0.2) is 42.5 Å². The summed E-state index contributed by atoms with van der Waals surface area (Å²) in [7, 11) is 0. The van der Waals surface area contributed by atoms with Crippen LogP contribution >= 0.6 is 46.0 Å². The first-order chi connectivity index (χ1) is 15.8. The summed E-state index contributed by atoms with van der Waals surface area (Å²) < 4.78 is 12.9. The third-order valence-corrected chi connectivity index (χ3v) is 8.34. The molecule has 2 aromatic rings. The van der Waals surface area contributed by atoms with E-state index in [1.54, 1.807) is 0 Å². The lowest BCUT2D eigenvalue weighted by Crippen LogP contribution is -2.40. The van der Waals surface area contributed by atoms with Crippen molar-refractivity contribution in [3.8, 4) is 11.5 Å². The molecule has 1 aliphatic heterocycles. The van der Waals surface area contributed by atoms with Crippen molar-refractivity contribution in [2.24, 2.45) is 5.92 Å². The monoisotopic (exact) mass is 603 g/mol. The number of thioether (sulfide) groups is 1. The zero-order chi connectivity index (χ0) is 23.8. The van der Waals surface area contributed by atoms with E-state index in [2.05, 4.69) is 78.6 Å². The van der Waals surface area contributed by atoms with Gasteiger partial charge in [-0.05, 0) is 58.0 Å². The Hall–Kier alpha value is -0.670. The number of ether oxygens (including phenoxy) is 2. The van der Waals surface area contributed by atoms with Gasteiger partial charge in [0.2, 0.25) is 0 Å². The standard InChI is InChI=1S/C26H35ClINO3S/c1-19(15-27)17-32-25-9-6-21(14-24(25)28)26(2,3)20-4-7-23(8-5-20)31-18-22(30)16-29-10-12-33-13-11-29/h4-9,14,19,22,30H,10-13,15-18H2,1-3H3/t19-,22+/m0/s1. The molecular formula is C26H35ClINO3S. The molecule has 1 fully saturated rings. The van der Waals surface area contributed by atoms with Crippen LogP contribution in [0.3, 0.4) is 0 Å². The average molecular weight is 604 g/mol. The van der Waals surface area contributed by atoms with Crippen LogP contribution in [-0.4, -0.2) is 66.3 Å². The molecule has 1 N–H and O–H groups in total. The highest BCUT2D eigenvalue weighted by molar-refractivity contribution is 14.1. The number of alkyl halides is 1. The maximum atomic E-state index is 10.3. The Morgan fingerprint density at radius 2 is 1.73 bits per heavy atom. The lowest BCUT2D eigenvalue weighted by atomic mass is 9.78. The summed E-state index contributed by atoms with van der Waals surface area (Å²) in [6.07, 6.45) is -0.473. The molecule has 182 valence electrons. The summed E-state index contributed by atoms with van der Waals surface area (Å²) in [5.41, 5.74) is 2.28. The molecular weight excluding hydrogens is 569 g/mol. The van der Waals surface area contributed by atoms with Crippen molar-refractivity contribution >= 4 is 46.0 Å². The van der Waals surface area contributed by atoms with Crippen molar-refractivity contribution in [1.82, 2.24) is 4.90 Å². The van der Waals surface area contributed by atoms with Crippen LogP contribution in [0.25, 0.3) is 0 Å². The van der Waals surface area contributed by atoms with Gasteiger partial charge in [0.15, 0.2) is 0 Å². The minimum Gasteiger partial charge on any atom is -0.492 e. The molecule has 0 aliphatic carbocycles. The minimum atomic E-state index is -0.473. The molecule has 3 rings (SSSR count). The van der Waals surface area contributed by atoms with Gasteiger partial charge in [-0.25, -0.2) is 0 Å². The number of aliphatic hydroxyl groups excluding tert-OH is 1. The quantitative estimate of drug-likeness (QED) is 0.265. The van der Waals surface area contributed by atoms with Crippen molar-refractivity contribution in [1.29, 1.82) is 0 Å². The van der Waals surface area contributed by atoms with Gasteiger partial charge in [-0.3, -0.25) is 4.90 Å². The van der Waals surface area contributed by atoms with E-state index in [4.69, 9.17) is 21.1 Å². The Balaban J connectivity index is 1.57. The first-order valence-corrected chi connectivity index (χ1v) is 14.3. The van der Waals surface area contributed by atoms with Gasteiger partial charge in [-0.15, -0.1) is 11.6 Å². The Kier molecular flexibility index (Phi) is 10.5. The molecule has 0 radical (unpaired) electrons. The van der Waals surface area contributed by atoms with Gasteiger partial charge >= 0.3 is 0 Å². The highest BCUT2D eigenvalue weighted by Crippen LogP contribution is 2.35. The number of hydrogen-bond acceptors (Lipinski definition) is 5. The highest BCUT2D eigenvalue weighted by Gasteiger charge is 2.24. The molecule has 1 heterocycles. The average Bonchev–Trinajstić information content (AvgIpc) is 2.82. The first kappa shape index (κ1) is 26.9. The number of rotatable bonds is 11. The zero-order valence-corrected chi connectivity index (χ0v) is 23.5. The van der Waals surface area contributed by atoms with Crippen LogP contribution in [0.1, 0.15) is 31.9 Å². The van der Waals surface area contributed by atoms with Crippen molar-refractivity contribution in [2.75, 3.05) is 50.2 Å². The minimum absolute atomic E-state index is 0.161. The van der Waals surface area contributed by atoms with Gasteiger partial charge in [0.05, 0.1) is 10.2 Å². The van der Waals surface area contributed by atoms with Crippen molar-refractivity contribution < 1.29 is 14.6 Å².